The molecule has 1 aliphatic rings. The molecule has 0 unspecified atom stereocenters. The number of hydrogen-bond donors (Lipinski definition) is 0. The summed E-state index contributed by atoms with van der Waals surface area (Å²) in [5, 5.41) is 0. The van der Waals surface area contributed by atoms with Crippen LogP contribution in [0.3, 0.4) is 0 Å². The van der Waals surface area contributed by atoms with Crippen LogP contribution in [0.5, 0.6) is 5.75 Å². The fourth-order valence-electron chi connectivity index (χ4n) is 3.02. The quantitative estimate of drug-likeness (QED) is 0.649. The number of hydrogen-bond acceptors (Lipinski definition) is 3. The molecule has 3 aromatic rings. The van der Waals surface area contributed by atoms with Crippen molar-refractivity contribution in [2.75, 3.05) is 0 Å². The van der Waals surface area contributed by atoms with E-state index in [1.165, 1.54) is 4.90 Å². The monoisotopic (exact) mass is 343 g/mol. The van der Waals surface area contributed by atoms with Gasteiger partial charge in [0.05, 0.1) is 5.56 Å². The van der Waals surface area contributed by atoms with Crippen LogP contribution in [0.1, 0.15) is 38.1 Å². The van der Waals surface area contributed by atoms with Gasteiger partial charge < -0.3 is 4.74 Å². The molecule has 1 atom stereocenters. The number of benzene rings is 3. The highest BCUT2D eigenvalue weighted by atomic mass is 16.5. The Bertz CT molecular complexity index is 964. The molecule has 0 aliphatic carbocycles. The summed E-state index contributed by atoms with van der Waals surface area (Å²) in [7, 11) is 0. The third-order valence-electron chi connectivity index (χ3n) is 4.41. The standard InChI is InChI=1S/C22H17NO3/c1-15-11-13-17(14-12-15)22-23(20(24)16-7-3-2-4-8-16)21(25)18-9-5-6-10-19(18)26-22/h2-14,22H,1H3/t22-/m0/s1. The highest BCUT2D eigenvalue weighted by Gasteiger charge is 2.39. The molecule has 0 aromatic heterocycles. The number of nitrogens with zero attached hydrogens (tertiary/aromatic N) is 1. The minimum Gasteiger partial charge on any atom is -0.465 e. The Kier molecular flexibility index (Phi) is 4.01. The van der Waals surface area contributed by atoms with E-state index in [1.807, 2.05) is 43.3 Å². The first kappa shape index (κ1) is 16.1. The van der Waals surface area contributed by atoms with Crippen LogP contribution in [0.2, 0.25) is 0 Å². The van der Waals surface area contributed by atoms with Gasteiger partial charge in [-0.2, -0.15) is 0 Å². The SMILES string of the molecule is Cc1ccc([C@@H]2Oc3ccccc3C(=O)N2C(=O)c2ccccc2)cc1. The van der Waals surface area contributed by atoms with Gasteiger partial charge in [-0.25, -0.2) is 4.90 Å². The Balaban J connectivity index is 1.82. The van der Waals surface area contributed by atoms with Crippen molar-refractivity contribution in [3.63, 3.8) is 0 Å². The van der Waals surface area contributed by atoms with Gasteiger partial charge in [0.2, 0.25) is 6.23 Å². The van der Waals surface area contributed by atoms with Crippen molar-refractivity contribution in [1.82, 2.24) is 4.90 Å². The zero-order valence-electron chi connectivity index (χ0n) is 14.3. The average molecular weight is 343 g/mol. The Morgan fingerprint density at radius 2 is 1.54 bits per heavy atom. The Morgan fingerprint density at radius 3 is 2.27 bits per heavy atom. The lowest BCUT2D eigenvalue weighted by atomic mass is 10.0. The van der Waals surface area contributed by atoms with Gasteiger partial charge in [0, 0.05) is 11.1 Å². The van der Waals surface area contributed by atoms with Crippen LogP contribution in [0.25, 0.3) is 0 Å². The summed E-state index contributed by atoms with van der Waals surface area (Å²) in [6.45, 7) is 1.98. The molecule has 0 saturated carbocycles. The first-order valence-corrected chi connectivity index (χ1v) is 8.40. The summed E-state index contributed by atoms with van der Waals surface area (Å²) in [5.41, 5.74) is 2.68. The van der Waals surface area contributed by atoms with E-state index in [9.17, 15) is 9.59 Å². The van der Waals surface area contributed by atoms with Crippen LogP contribution in [0.15, 0.2) is 78.9 Å². The molecule has 4 heteroatoms. The Morgan fingerprint density at radius 1 is 0.885 bits per heavy atom. The van der Waals surface area contributed by atoms with E-state index >= 15 is 0 Å². The molecule has 2 amide bonds. The van der Waals surface area contributed by atoms with E-state index in [4.69, 9.17) is 4.74 Å². The van der Waals surface area contributed by atoms with Crippen LogP contribution >= 0.6 is 0 Å². The highest BCUT2D eigenvalue weighted by Crippen LogP contribution is 2.36. The van der Waals surface area contributed by atoms with Crippen molar-refractivity contribution >= 4 is 11.8 Å². The van der Waals surface area contributed by atoms with Gasteiger partial charge in [0.25, 0.3) is 11.8 Å². The maximum atomic E-state index is 13.1. The van der Waals surface area contributed by atoms with Gasteiger partial charge in [0.1, 0.15) is 5.75 Å². The zero-order chi connectivity index (χ0) is 18.1. The second kappa shape index (κ2) is 6.48. The van der Waals surface area contributed by atoms with Crippen LogP contribution in [0, 0.1) is 6.92 Å². The van der Waals surface area contributed by atoms with Gasteiger partial charge in [-0.15, -0.1) is 0 Å². The van der Waals surface area contributed by atoms with E-state index in [1.54, 1.807) is 42.5 Å². The predicted molar refractivity (Wildman–Crippen MR) is 97.9 cm³/mol. The van der Waals surface area contributed by atoms with Gasteiger partial charge >= 0.3 is 0 Å². The van der Waals surface area contributed by atoms with E-state index in [2.05, 4.69) is 0 Å². The fourth-order valence-corrected chi connectivity index (χ4v) is 3.02. The van der Waals surface area contributed by atoms with E-state index in [-0.39, 0.29) is 11.8 Å². The van der Waals surface area contributed by atoms with Crippen molar-refractivity contribution in [2.45, 2.75) is 13.2 Å². The first-order valence-electron chi connectivity index (χ1n) is 8.40. The molecule has 4 nitrogen and oxygen atoms in total. The molecule has 0 spiro atoms. The Hall–Kier alpha value is -3.40. The van der Waals surface area contributed by atoms with E-state index < -0.39 is 6.23 Å². The highest BCUT2D eigenvalue weighted by molar-refractivity contribution is 6.12. The molecule has 0 fully saturated rings. The molecule has 0 N–H and O–H groups in total. The average Bonchev–Trinajstić information content (AvgIpc) is 2.69. The van der Waals surface area contributed by atoms with E-state index in [0.717, 1.165) is 11.1 Å². The maximum absolute atomic E-state index is 13.1. The lowest BCUT2D eigenvalue weighted by Crippen LogP contribution is -2.45. The molecule has 4 rings (SSSR count). The summed E-state index contributed by atoms with van der Waals surface area (Å²) in [6, 6.07) is 23.4. The predicted octanol–water partition coefficient (Wildman–Crippen LogP) is 4.37. The number of ether oxygens (including phenoxy) is 1. The number of carbonyl (C=O) groups excluding carboxylic acids is 2. The topological polar surface area (TPSA) is 46.6 Å². The third kappa shape index (κ3) is 2.75. The van der Waals surface area contributed by atoms with Gasteiger partial charge in [-0.1, -0.05) is 60.2 Å². The number of amides is 2. The molecule has 0 saturated heterocycles. The first-order chi connectivity index (χ1) is 12.6. The minimum atomic E-state index is -0.800. The fraction of sp³-hybridized carbons (Fsp3) is 0.0909. The van der Waals surface area contributed by atoms with Crippen LogP contribution < -0.4 is 4.74 Å². The third-order valence-corrected chi connectivity index (χ3v) is 4.41. The summed E-state index contributed by atoms with van der Waals surface area (Å²) in [6.07, 6.45) is -0.800. The second-order valence-corrected chi connectivity index (χ2v) is 6.22. The van der Waals surface area contributed by atoms with E-state index in [0.29, 0.717) is 16.9 Å². The molecule has 1 heterocycles. The summed E-state index contributed by atoms with van der Waals surface area (Å²) in [5.74, 6) is -0.248. The molecule has 0 bridgehead atoms. The van der Waals surface area contributed by atoms with Crippen LogP contribution in [-0.4, -0.2) is 16.7 Å². The molecule has 0 radical (unpaired) electrons. The Labute approximate surface area is 151 Å². The maximum Gasteiger partial charge on any atom is 0.267 e. The molecular formula is C22H17NO3. The summed E-state index contributed by atoms with van der Waals surface area (Å²) < 4.78 is 6.07. The molecular weight excluding hydrogens is 326 g/mol. The molecule has 3 aromatic carbocycles. The lowest BCUT2D eigenvalue weighted by Gasteiger charge is -2.35. The summed E-state index contributed by atoms with van der Waals surface area (Å²) in [4.78, 5) is 27.4. The van der Waals surface area contributed by atoms with Crippen molar-refractivity contribution in [1.29, 1.82) is 0 Å². The zero-order valence-corrected chi connectivity index (χ0v) is 14.3. The van der Waals surface area contributed by atoms with Crippen molar-refractivity contribution < 1.29 is 14.3 Å². The molecule has 1 aliphatic heterocycles. The summed E-state index contributed by atoms with van der Waals surface area (Å²) >= 11 is 0. The minimum absolute atomic E-state index is 0.355. The number of aryl methyl sites for hydroxylation is 1. The van der Waals surface area contributed by atoms with Crippen molar-refractivity contribution in [2.24, 2.45) is 0 Å². The number of imide groups is 1. The largest absolute Gasteiger partial charge is 0.465 e. The smallest absolute Gasteiger partial charge is 0.267 e. The number of para-hydroxylation sites is 1. The molecule has 128 valence electrons. The van der Waals surface area contributed by atoms with Crippen molar-refractivity contribution in [3.05, 3.63) is 101 Å². The van der Waals surface area contributed by atoms with Crippen LogP contribution in [0.4, 0.5) is 0 Å². The number of carbonyl (C=O) groups is 2. The number of rotatable bonds is 2. The van der Waals surface area contributed by atoms with Gasteiger partial charge in [-0.3, -0.25) is 9.59 Å². The second-order valence-electron chi connectivity index (χ2n) is 6.22. The van der Waals surface area contributed by atoms with Crippen LogP contribution in [-0.2, 0) is 0 Å². The molecule has 26 heavy (non-hydrogen) atoms. The van der Waals surface area contributed by atoms with Crippen molar-refractivity contribution in [3.8, 4) is 5.75 Å². The van der Waals surface area contributed by atoms with Gasteiger partial charge in [0.15, 0.2) is 0 Å². The lowest BCUT2D eigenvalue weighted by molar-refractivity contribution is 0.0107. The normalized spacial score (nSPS) is 16.0. The van der Waals surface area contributed by atoms with Gasteiger partial charge in [-0.05, 0) is 31.2 Å². The number of fused-ring (bicyclic) bond motifs is 1.